The average Bonchev–Trinajstić information content (AvgIpc) is 2.34. The molecule has 1 fully saturated rings. The van der Waals surface area contributed by atoms with E-state index in [1.165, 1.54) is 18.6 Å². The lowest BCUT2D eigenvalue weighted by atomic mass is 9.76. The Balaban J connectivity index is 2.21. The molecule has 1 aromatic rings. The molecule has 0 bridgehead atoms. The molecular weight excluding hydrogens is 231 g/mol. The summed E-state index contributed by atoms with van der Waals surface area (Å²) in [6.07, 6.45) is 4.04. The predicted molar refractivity (Wildman–Crippen MR) is 71.9 cm³/mol. The Morgan fingerprint density at radius 3 is 3.00 bits per heavy atom. The summed E-state index contributed by atoms with van der Waals surface area (Å²) in [6, 6.07) is 4.29. The van der Waals surface area contributed by atoms with Gasteiger partial charge in [0.05, 0.1) is 23.5 Å². The van der Waals surface area contributed by atoms with E-state index in [0.717, 1.165) is 19.3 Å². The summed E-state index contributed by atoms with van der Waals surface area (Å²) >= 11 is 0. The van der Waals surface area contributed by atoms with Crippen LogP contribution in [0.2, 0.25) is 0 Å². The van der Waals surface area contributed by atoms with Crippen LogP contribution in [0.4, 0.5) is 15.8 Å². The van der Waals surface area contributed by atoms with Crippen LogP contribution in [0.25, 0.3) is 0 Å². The van der Waals surface area contributed by atoms with Crippen LogP contribution in [0.1, 0.15) is 32.6 Å². The second-order valence-electron chi connectivity index (χ2n) is 5.50. The lowest BCUT2D eigenvalue weighted by Gasteiger charge is -2.40. The zero-order valence-corrected chi connectivity index (χ0v) is 10.7. The monoisotopic (exact) mass is 252 g/mol. The van der Waals surface area contributed by atoms with Crippen molar-refractivity contribution in [3.63, 3.8) is 0 Å². The van der Waals surface area contributed by atoms with Crippen LogP contribution in [-0.4, -0.2) is 17.3 Å². The smallest absolute Gasteiger partial charge is 0.125 e. The highest BCUT2D eigenvalue weighted by Gasteiger charge is 2.34. The molecule has 0 spiro atoms. The Morgan fingerprint density at radius 2 is 2.33 bits per heavy atom. The van der Waals surface area contributed by atoms with Gasteiger partial charge >= 0.3 is 0 Å². The van der Waals surface area contributed by atoms with Gasteiger partial charge in [-0.25, -0.2) is 4.39 Å². The number of nitrogens with two attached hydrogens (primary N) is 1. The minimum absolute atomic E-state index is 0.0489. The molecule has 0 saturated heterocycles. The lowest BCUT2D eigenvalue weighted by molar-refractivity contribution is 0.149. The van der Waals surface area contributed by atoms with E-state index >= 15 is 0 Å². The minimum atomic E-state index is -0.362. The van der Waals surface area contributed by atoms with Gasteiger partial charge in [-0.3, -0.25) is 0 Å². The molecule has 3 nitrogen and oxygen atoms in total. The Hall–Kier alpha value is -1.29. The van der Waals surface area contributed by atoms with Crippen molar-refractivity contribution < 1.29 is 9.50 Å². The zero-order valence-electron chi connectivity index (χ0n) is 10.7. The first-order valence-electron chi connectivity index (χ1n) is 6.49. The van der Waals surface area contributed by atoms with Crippen molar-refractivity contribution >= 4 is 11.4 Å². The molecule has 4 heteroatoms. The highest BCUT2D eigenvalue weighted by atomic mass is 19.1. The number of halogens is 1. The molecular formula is C14H21FN2O. The van der Waals surface area contributed by atoms with E-state index in [2.05, 4.69) is 12.2 Å². The molecule has 2 atom stereocenters. The zero-order chi connectivity index (χ0) is 13.2. The van der Waals surface area contributed by atoms with Gasteiger partial charge in [-0.05, 0) is 37.0 Å². The van der Waals surface area contributed by atoms with Crippen molar-refractivity contribution in [1.29, 1.82) is 0 Å². The van der Waals surface area contributed by atoms with Gasteiger partial charge in [0.25, 0.3) is 0 Å². The number of anilines is 2. The maximum Gasteiger partial charge on any atom is 0.125 e. The number of nitrogen functional groups attached to an aromatic ring is 1. The summed E-state index contributed by atoms with van der Waals surface area (Å²) in [4.78, 5) is 0. The summed E-state index contributed by atoms with van der Waals surface area (Å²) < 4.78 is 13.2. The third-order valence-electron chi connectivity index (χ3n) is 3.81. The minimum Gasteiger partial charge on any atom is -0.397 e. The fraction of sp³-hybridized carbons (Fsp3) is 0.571. The van der Waals surface area contributed by atoms with Gasteiger partial charge in [-0.15, -0.1) is 0 Å². The molecule has 0 aliphatic heterocycles. The van der Waals surface area contributed by atoms with Crippen LogP contribution in [0.3, 0.4) is 0 Å². The molecule has 1 aliphatic rings. The molecule has 4 N–H and O–H groups in total. The quantitative estimate of drug-likeness (QED) is 0.725. The van der Waals surface area contributed by atoms with Crippen LogP contribution in [0, 0.1) is 11.7 Å². The van der Waals surface area contributed by atoms with Crippen LogP contribution >= 0.6 is 0 Å². The van der Waals surface area contributed by atoms with Gasteiger partial charge in [0, 0.05) is 0 Å². The Labute approximate surface area is 107 Å². The summed E-state index contributed by atoms with van der Waals surface area (Å²) in [5.74, 6) is 0.247. The van der Waals surface area contributed by atoms with E-state index in [1.807, 2.05) is 0 Å². The molecule has 1 saturated carbocycles. The molecule has 1 aromatic carbocycles. The number of nitrogens with one attached hydrogen (secondary N) is 1. The van der Waals surface area contributed by atoms with Gasteiger partial charge < -0.3 is 16.2 Å². The summed E-state index contributed by atoms with van der Waals surface area (Å²) in [5.41, 5.74) is 6.58. The molecule has 0 radical (unpaired) electrons. The molecule has 0 amide bonds. The van der Waals surface area contributed by atoms with Crippen molar-refractivity contribution in [3.05, 3.63) is 24.0 Å². The maximum atomic E-state index is 13.2. The van der Waals surface area contributed by atoms with E-state index in [4.69, 9.17) is 5.73 Å². The molecule has 2 rings (SSSR count). The number of rotatable bonds is 3. The van der Waals surface area contributed by atoms with E-state index in [-0.39, 0.29) is 18.0 Å². The molecule has 0 aromatic heterocycles. The molecule has 18 heavy (non-hydrogen) atoms. The Morgan fingerprint density at radius 1 is 1.56 bits per heavy atom. The molecule has 1 aliphatic carbocycles. The third kappa shape index (κ3) is 2.75. The highest BCUT2D eigenvalue weighted by Crippen LogP contribution is 2.36. The van der Waals surface area contributed by atoms with E-state index in [0.29, 0.717) is 17.3 Å². The number of aliphatic hydroxyl groups is 1. The predicted octanol–water partition coefficient (Wildman–Crippen LogP) is 2.76. The molecule has 2 unspecified atom stereocenters. The van der Waals surface area contributed by atoms with Gasteiger partial charge in [0.2, 0.25) is 0 Å². The number of benzene rings is 1. The average molecular weight is 252 g/mol. The van der Waals surface area contributed by atoms with Gasteiger partial charge in [-0.2, -0.15) is 0 Å². The first-order chi connectivity index (χ1) is 8.54. The number of aliphatic hydroxyl groups excluding tert-OH is 1. The topological polar surface area (TPSA) is 58.3 Å². The van der Waals surface area contributed by atoms with Gasteiger partial charge in [0.15, 0.2) is 0 Å². The first kappa shape index (κ1) is 13.1. The van der Waals surface area contributed by atoms with Crippen LogP contribution < -0.4 is 11.1 Å². The fourth-order valence-corrected chi connectivity index (χ4v) is 2.88. The van der Waals surface area contributed by atoms with Crippen molar-refractivity contribution in [2.45, 2.75) is 38.1 Å². The van der Waals surface area contributed by atoms with Crippen molar-refractivity contribution in [2.24, 2.45) is 5.92 Å². The lowest BCUT2D eigenvalue weighted by Crippen LogP contribution is -2.46. The second kappa shape index (κ2) is 5.14. The Bertz CT molecular complexity index is 424. The first-order valence-corrected chi connectivity index (χ1v) is 6.49. The van der Waals surface area contributed by atoms with E-state index < -0.39 is 0 Å². The van der Waals surface area contributed by atoms with Crippen molar-refractivity contribution in [3.8, 4) is 0 Å². The van der Waals surface area contributed by atoms with E-state index in [1.54, 1.807) is 6.07 Å². The fourth-order valence-electron chi connectivity index (χ4n) is 2.88. The third-order valence-corrected chi connectivity index (χ3v) is 3.81. The summed E-state index contributed by atoms with van der Waals surface area (Å²) in [7, 11) is 0. The molecule has 0 heterocycles. The summed E-state index contributed by atoms with van der Waals surface area (Å²) in [6.45, 7) is 2.23. The number of hydrogen-bond donors (Lipinski definition) is 3. The second-order valence-corrected chi connectivity index (χ2v) is 5.50. The SMILES string of the molecule is CC1CCCC(CO)(Nc2cc(F)ccc2N)C1. The van der Waals surface area contributed by atoms with Crippen LogP contribution in [0.15, 0.2) is 18.2 Å². The largest absolute Gasteiger partial charge is 0.397 e. The van der Waals surface area contributed by atoms with Crippen LogP contribution in [-0.2, 0) is 0 Å². The van der Waals surface area contributed by atoms with Gasteiger partial charge in [0.1, 0.15) is 5.82 Å². The molecule has 100 valence electrons. The van der Waals surface area contributed by atoms with Crippen molar-refractivity contribution in [2.75, 3.05) is 17.7 Å². The summed E-state index contributed by atoms with van der Waals surface area (Å²) in [5, 5.41) is 13.0. The normalized spacial score (nSPS) is 28.1. The van der Waals surface area contributed by atoms with Crippen LogP contribution in [0.5, 0.6) is 0 Å². The standard InChI is InChI=1S/C14H21FN2O/c1-10-3-2-6-14(8-10,9-18)17-13-7-11(15)4-5-12(13)16/h4-5,7,10,17-18H,2-3,6,8-9,16H2,1H3. The van der Waals surface area contributed by atoms with E-state index in [9.17, 15) is 9.50 Å². The number of hydrogen-bond acceptors (Lipinski definition) is 3. The maximum absolute atomic E-state index is 13.2. The van der Waals surface area contributed by atoms with Gasteiger partial charge in [-0.1, -0.05) is 19.8 Å². The highest BCUT2D eigenvalue weighted by molar-refractivity contribution is 5.67. The Kier molecular flexibility index (Phi) is 3.76. The van der Waals surface area contributed by atoms with Crippen molar-refractivity contribution in [1.82, 2.24) is 0 Å².